The number of nitrogens with one attached hydrogen (secondary N) is 2. The maximum Gasteiger partial charge on any atom is 0.0456 e. The van der Waals surface area contributed by atoms with Crippen LogP contribution in [0.4, 0.5) is 0 Å². The van der Waals surface area contributed by atoms with Crippen LogP contribution >= 0.6 is 0 Å². The summed E-state index contributed by atoms with van der Waals surface area (Å²) in [5, 5.41) is 4.78. The van der Waals surface area contributed by atoms with Gasteiger partial charge in [0.2, 0.25) is 0 Å². The molecule has 2 aromatic rings. The summed E-state index contributed by atoms with van der Waals surface area (Å²) in [5.41, 5.74) is 2.66. The van der Waals surface area contributed by atoms with Crippen molar-refractivity contribution in [3.8, 4) is 0 Å². The monoisotopic (exact) mass is 230 g/mol. The van der Waals surface area contributed by atoms with Gasteiger partial charge in [-0.1, -0.05) is 32.0 Å². The maximum atomic E-state index is 3.42. The molecule has 1 aromatic heterocycles. The Labute approximate surface area is 103 Å². The Balaban J connectivity index is 2.16. The van der Waals surface area contributed by atoms with E-state index in [2.05, 4.69) is 61.7 Å². The molecule has 17 heavy (non-hydrogen) atoms. The number of fused-ring (bicyclic) bond motifs is 1. The molecular weight excluding hydrogens is 208 g/mol. The maximum absolute atomic E-state index is 3.42. The Morgan fingerprint density at radius 1 is 1.24 bits per heavy atom. The Bertz CT molecular complexity index is 470. The predicted octanol–water partition coefficient (Wildman–Crippen LogP) is 3.34. The third-order valence-electron chi connectivity index (χ3n) is 3.31. The van der Waals surface area contributed by atoms with E-state index in [1.165, 1.54) is 22.9 Å². The average molecular weight is 230 g/mol. The van der Waals surface area contributed by atoms with Crippen LogP contribution in [0.15, 0.2) is 30.5 Å². The van der Waals surface area contributed by atoms with Crippen molar-refractivity contribution in [3.63, 3.8) is 0 Å². The molecule has 92 valence electrons. The van der Waals surface area contributed by atoms with Gasteiger partial charge in [-0.05, 0) is 37.4 Å². The second-order valence-corrected chi connectivity index (χ2v) is 5.18. The van der Waals surface area contributed by atoms with E-state index in [9.17, 15) is 0 Å². The number of aromatic nitrogens is 1. The minimum absolute atomic E-state index is 0.564. The van der Waals surface area contributed by atoms with Crippen molar-refractivity contribution >= 4 is 10.9 Å². The van der Waals surface area contributed by atoms with Gasteiger partial charge in [0.1, 0.15) is 0 Å². The number of likely N-dealkylation sites (N-methyl/N-ethyl adjacent to an activating group) is 1. The van der Waals surface area contributed by atoms with Crippen LogP contribution in [0, 0.1) is 5.92 Å². The largest absolute Gasteiger partial charge is 0.361 e. The molecule has 0 aliphatic heterocycles. The third kappa shape index (κ3) is 2.89. The fraction of sp³-hybridized carbons (Fsp3) is 0.467. The lowest BCUT2D eigenvalue weighted by atomic mass is 9.97. The topological polar surface area (TPSA) is 27.8 Å². The van der Waals surface area contributed by atoms with Crippen LogP contribution in [0.25, 0.3) is 10.9 Å². The van der Waals surface area contributed by atoms with Crippen LogP contribution in [0.5, 0.6) is 0 Å². The van der Waals surface area contributed by atoms with Crippen LogP contribution in [-0.2, 0) is 6.42 Å². The summed E-state index contributed by atoms with van der Waals surface area (Å²) < 4.78 is 0. The molecule has 1 unspecified atom stereocenters. The highest BCUT2D eigenvalue weighted by Gasteiger charge is 2.12. The van der Waals surface area contributed by atoms with Gasteiger partial charge in [0.25, 0.3) is 0 Å². The van der Waals surface area contributed by atoms with Gasteiger partial charge in [-0.15, -0.1) is 0 Å². The van der Waals surface area contributed by atoms with Crippen molar-refractivity contribution in [2.45, 2.75) is 32.7 Å². The smallest absolute Gasteiger partial charge is 0.0456 e. The van der Waals surface area contributed by atoms with Crippen LogP contribution in [0.1, 0.15) is 25.8 Å². The van der Waals surface area contributed by atoms with Gasteiger partial charge in [-0.25, -0.2) is 0 Å². The van der Waals surface area contributed by atoms with Crippen LogP contribution < -0.4 is 5.32 Å². The SMILES string of the molecule is CNC(Cc1c[nH]c2ccccc12)CC(C)C. The summed E-state index contributed by atoms with van der Waals surface area (Å²) in [6, 6.07) is 9.08. The Hall–Kier alpha value is -1.28. The first-order chi connectivity index (χ1) is 8.20. The molecule has 0 aliphatic rings. The molecule has 0 spiro atoms. The molecule has 0 saturated carbocycles. The molecule has 0 fully saturated rings. The van der Waals surface area contributed by atoms with Gasteiger partial charge in [0.05, 0.1) is 0 Å². The van der Waals surface area contributed by atoms with Crippen molar-refractivity contribution in [1.29, 1.82) is 0 Å². The molecule has 0 bridgehead atoms. The highest BCUT2D eigenvalue weighted by molar-refractivity contribution is 5.83. The molecule has 1 atom stereocenters. The Kier molecular flexibility index (Phi) is 3.85. The minimum atomic E-state index is 0.564. The normalized spacial score (nSPS) is 13.4. The summed E-state index contributed by atoms with van der Waals surface area (Å²) >= 11 is 0. The van der Waals surface area contributed by atoms with E-state index in [1.807, 2.05) is 0 Å². The number of hydrogen-bond acceptors (Lipinski definition) is 1. The second kappa shape index (κ2) is 5.37. The molecule has 2 nitrogen and oxygen atoms in total. The molecule has 0 aliphatic carbocycles. The Morgan fingerprint density at radius 2 is 2.00 bits per heavy atom. The highest BCUT2D eigenvalue weighted by atomic mass is 14.9. The lowest BCUT2D eigenvalue weighted by molar-refractivity contribution is 0.442. The molecule has 2 heteroatoms. The van der Waals surface area contributed by atoms with Gasteiger partial charge >= 0.3 is 0 Å². The summed E-state index contributed by atoms with van der Waals surface area (Å²) in [6.45, 7) is 4.55. The van der Waals surface area contributed by atoms with Crippen molar-refractivity contribution in [2.24, 2.45) is 5.92 Å². The molecule has 0 radical (unpaired) electrons. The lowest BCUT2D eigenvalue weighted by Gasteiger charge is -2.17. The van der Waals surface area contributed by atoms with Crippen LogP contribution in [-0.4, -0.2) is 18.1 Å². The number of H-pyrrole nitrogens is 1. The van der Waals surface area contributed by atoms with Gasteiger partial charge < -0.3 is 10.3 Å². The van der Waals surface area contributed by atoms with E-state index in [-0.39, 0.29) is 0 Å². The molecule has 0 amide bonds. The first-order valence-corrected chi connectivity index (χ1v) is 6.43. The van der Waals surface area contributed by atoms with Gasteiger partial charge in [-0.3, -0.25) is 0 Å². The fourth-order valence-corrected chi connectivity index (χ4v) is 2.44. The van der Waals surface area contributed by atoms with E-state index in [4.69, 9.17) is 0 Å². The molecule has 2 N–H and O–H groups in total. The predicted molar refractivity (Wildman–Crippen MR) is 74.3 cm³/mol. The van der Waals surface area contributed by atoms with E-state index in [1.54, 1.807) is 0 Å². The van der Waals surface area contributed by atoms with Crippen LogP contribution in [0.3, 0.4) is 0 Å². The quantitative estimate of drug-likeness (QED) is 0.810. The average Bonchev–Trinajstić information content (AvgIpc) is 2.71. The number of hydrogen-bond donors (Lipinski definition) is 2. The summed E-state index contributed by atoms with van der Waals surface area (Å²) in [4.78, 5) is 3.34. The van der Waals surface area contributed by atoms with Crippen molar-refractivity contribution in [1.82, 2.24) is 10.3 Å². The summed E-state index contributed by atoms with van der Waals surface area (Å²) in [6.07, 6.45) is 4.46. The van der Waals surface area contributed by atoms with Gasteiger partial charge in [-0.2, -0.15) is 0 Å². The number of para-hydroxylation sites is 1. The van der Waals surface area contributed by atoms with E-state index < -0.39 is 0 Å². The van der Waals surface area contributed by atoms with Gasteiger partial charge in [0, 0.05) is 23.1 Å². The zero-order valence-corrected chi connectivity index (χ0v) is 11.0. The number of rotatable bonds is 5. The summed E-state index contributed by atoms with van der Waals surface area (Å²) in [5.74, 6) is 0.734. The highest BCUT2D eigenvalue weighted by Crippen LogP contribution is 2.20. The molecular formula is C15H22N2. The van der Waals surface area contributed by atoms with Gasteiger partial charge in [0.15, 0.2) is 0 Å². The fourth-order valence-electron chi connectivity index (χ4n) is 2.44. The van der Waals surface area contributed by atoms with E-state index >= 15 is 0 Å². The van der Waals surface area contributed by atoms with Crippen molar-refractivity contribution in [2.75, 3.05) is 7.05 Å². The molecule has 0 saturated heterocycles. The first kappa shape index (κ1) is 12.2. The lowest BCUT2D eigenvalue weighted by Crippen LogP contribution is -2.28. The zero-order chi connectivity index (χ0) is 12.3. The third-order valence-corrected chi connectivity index (χ3v) is 3.31. The summed E-state index contributed by atoms with van der Waals surface area (Å²) in [7, 11) is 2.06. The molecule has 2 rings (SSSR count). The minimum Gasteiger partial charge on any atom is -0.361 e. The number of benzene rings is 1. The second-order valence-electron chi connectivity index (χ2n) is 5.18. The Morgan fingerprint density at radius 3 is 2.71 bits per heavy atom. The number of aromatic amines is 1. The standard InChI is InChI=1S/C15H22N2/c1-11(2)8-13(16-3)9-12-10-17-15-7-5-4-6-14(12)15/h4-7,10-11,13,16-17H,8-9H2,1-3H3. The van der Waals surface area contributed by atoms with Crippen molar-refractivity contribution < 1.29 is 0 Å². The van der Waals surface area contributed by atoms with Crippen LogP contribution in [0.2, 0.25) is 0 Å². The molecule has 1 heterocycles. The first-order valence-electron chi connectivity index (χ1n) is 6.43. The van der Waals surface area contributed by atoms with E-state index in [0.29, 0.717) is 6.04 Å². The molecule has 1 aromatic carbocycles. The zero-order valence-electron chi connectivity index (χ0n) is 11.0. The van der Waals surface area contributed by atoms with E-state index in [0.717, 1.165) is 12.3 Å². The van der Waals surface area contributed by atoms with Crippen molar-refractivity contribution in [3.05, 3.63) is 36.0 Å².